The third-order valence-electron chi connectivity index (χ3n) is 3.53. The maximum Gasteiger partial charge on any atom is 0.102 e. The van der Waals surface area contributed by atoms with Crippen LogP contribution in [-0.4, -0.2) is 12.5 Å². The summed E-state index contributed by atoms with van der Waals surface area (Å²) in [4.78, 5) is 10.3. The molecule has 0 saturated carbocycles. The highest BCUT2D eigenvalue weighted by molar-refractivity contribution is 5.85. The number of quaternary nitrogens is 1. The number of carboxylic acid groups (broad SMARTS) is 1. The Morgan fingerprint density at radius 3 is 2.65 bits per heavy atom. The van der Waals surface area contributed by atoms with Gasteiger partial charge in [0.05, 0.1) is 6.54 Å². The molecule has 0 radical (unpaired) electrons. The molecular weight excluding hydrogens is 250 g/mol. The first-order valence-electron chi connectivity index (χ1n) is 7.25. The smallest absolute Gasteiger partial charge is 0.102 e. The largest absolute Gasteiger partial charge is 0.550 e. The Kier molecular flexibility index (Phi) is 5.56. The van der Waals surface area contributed by atoms with E-state index in [1.54, 1.807) is 0 Å². The minimum atomic E-state index is -0.940. The molecule has 2 aromatic rings. The minimum Gasteiger partial charge on any atom is -0.550 e. The Bertz CT molecular complexity index is 560. The normalized spacial score (nSPS) is 10.8. The van der Waals surface area contributed by atoms with Crippen LogP contribution in [0, 0.1) is 0 Å². The molecule has 0 amide bonds. The molecule has 0 bridgehead atoms. The fourth-order valence-electron chi connectivity index (χ4n) is 2.46. The lowest BCUT2D eigenvalue weighted by molar-refractivity contribution is -0.670. The van der Waals surface area contributed by atoms with Crippen molar-refractivity contribution in [1.82, 2.24) is 0 Å². The molecule has 0 aliphatic carbocycles. The van der Waals surface area contributed by atoms with Crippen LogP contribution in [-0.2, 0) is 11.3 Å². The van der Waals surface area contributed by atoms with Gasteiger partial charge in [0, 0.05) is 11.5 Å². The first kappa shape index (κ1) is 14.5. The van der Waals surface area contributed by atoms with E-state index in [0.717, 1.165) is 32.4 Å². The lowest BCUT2D eigenvalue weighted by Crippen LogP contribution is -2.82. The summed E-state index contributed by atoms with van der Waals surface area (Å²) in [6.07, 6.45) is 2.92. The molecule has 0 heterocycles. The summed E-state index contributed by atoms with van der Waals surface area (Å²) < 4.78 is 0. The van der Waals surface area contributed by atoms with Crippen molar-refractivity contribution >= 4 is 16.7 Å². The quantitative estimate of drug-likeness (QED) is 0.734. The monoisotopic (exact) mass is 271 g/mol. The summed E-state index contributed by atoms with van der Waals surface area (Å²) in [5.74, 6) is -0.940. The highest BCUT2D eigenvalue weighted by Gasteiger charge is 2.01. The second-order valence-corrected chi connectivity index (χ2v) is 5.10. The van der Waals surface area contributed by atoms with E-state index in [-0.39, 0.29) is 6.42 Å². The molecular formula is C17H21NO2. The molecule has 0 aliphatic rings. The predicted molar refractivity (Wildman–Crippen MR) is 77.9 cm³/mol. The topological polar surface area (TPSA) is 56.7 Å². The Labute approximate surface area is 119 Å². The second-order valence-electron chi connectivity index (χ2n) is 5.10. The van der Waals surface area contributed by atoms with Crippen molar-refractivity contribution < 1.29 is 15.2 Å². The number of unbranched alkanes of at least 4 members (excludes halogenated alkanes) is 2. The zero-order chi connectivity index (χ0) is 14.2. The second kappa shape index (κ2) is 7.65. The van der Waals surface area contributed by atoms with Crippen LogP contribution in [0.2, 0.25) is 0 Å². The third-order valence-corrected chi connectivity index (χ3v) is 3.53. The molecule has 106 valence electrons. The van der Waals surface area contributed by atoms with Crippen LogP contribution < -0.4 is 10.4 Å². The summed E-state index contributed by atoms with van der Waals surface area (Å²) in [6.45, 7) is 2.01. The van der Waals surface area contributed by atoms with Crippen molar-refractivity contribution in [2.24, 2.45) is 0 Å². The Morgan fingerprint density at radius 1 is 1.00 bits per heavy atom. The number of hydrogen-bond acceptors (Lipinski definition) is 2. The highest BCUT2D eigenvalue weighted by Crippen LogP contribution is 2.17. The molecule has 2 rings (SSSR count). The van der Waals surface area contributed by atoms with Crippen molar-refractivity contribution in [1.29, 1.82) is 0 Å². The van der Waals surface area contributed by atoms with Crippen molar-refractivity contribution in [3.8, 4) is 0 Å². The van der Waals surface area contributed by atoms with E-state index < -0.39 is 5.97 Å². The number of nitrogens with two attached hydrogens (primary N) is 1. The van der Waals surface area contributed by atoms with Crippen molar-refractivity contribution in [2.75, 3.05) is 6.54 Å². The van der Waals surface area contributed by atoms with E-state index in [1.165, 1.54) is 16.3 Å². The number of carbonyl (C=O) groups excluding carboxylic acids is 1. The van der Waals surface area contributed by atoms with Gasteiger partial charge < -0.3 is 15.2 Å². The molecule has 2 aromatic carbocycles. The highest BCUT2D eigenvalue weighted by atomic mass is 16.4. The molecule has 0 spiro atoms. The lowest BCUT2D eigenvalue weighted by atomic mass is 10.0. The van der Waals surface area contributed by atoms with Crippen LogP contribution in [0.3, 0.4) is 0 Å². The number of benzene rings is 2. The van der Waals surface area contributed by atoms with Crippen LogP contribution in [0.15, 0.2) is 42.5 Å². The first-order chi connectivity index (χ1) is 9.77. The molecule has 0 aliphatic heterocycles. The number of carbonyl (C=O) groups is 1. The van der Waals surface area contributed by atoms with E-state index in [4.69, 9.17) is 0 Å². The van der Waals surface area contributed by atoms with Crippen molar-refractivity contribution in [2.45, 2.75) is 32.2 Å². The SMILES string of the molecule is O=C([O-])CCCCC[NH2+]Cc1cccc2ccccc12. The van der Waals surface area contributed by atoms with Gasteiger partial charge in [0.25, 0.3) is 0 Å². The predicted octanol–water partition coefficient (Wildman–Crippen LogP) is 1.21. The molecule has 2 N–H and O–H groups in total. The summed E-state index contributed by atoms with van der Waals surface area (Å²) in [7, 11) is 0. The molecule has 3 heteroatoms. The number of hydrogen-bond donors (Lipinski definition) is 1. The fourth-order valence-corrected chi connectivity index (χ4v) is 2.46. The molecule has 20 heavy (non-hydrogen) atoms. The molecule has 0 aromatic heterocycles. The maximum absolute atomic E-state index is 10.3. The molecule has 3 nitrogen and oxygen atoms in total. The first-order valence-corrected chi connectivity index (χ1v) is 7.25. The van der Waals surface area contributed by atoms with Gasteiger partial charge in [0.1, 0.15) is 6.54 Å². The summed E-state index contributed by atoms with van der Waals surface area (Å²) >= 11 is 0. The zero-order valence-corrected chi connectivity index (χ0v) is 11.7. The average molecular weight is 271 g/mol. The van der Waals surface area contributed by atoms with E-state index in [9.17, 15) is 9.90 Å². The van der Waals surface area contributed by atoms with Crippen LogP contribution in [0.1, 0.15) is 31.2 Å². The van der Waals surface area contributed by atoms with Gasteiger partial charge in [-0.3, -0.25) is 0 Å². The van der Waals surface area contributed by atoms with Gasteiger partial charge in [0.2, 0.25) is 0 Å². The Hall–Kier alpha value is -1.87. The van der Waals surface area contributed by atoms with Gasteiger partial charge >= 0.3 is 0 Å². The van der Waals surface area contributed by atoms with Crippen molar-refractivity contribution in [3.63, 3.8) is 0 Å². The molecule has 0 saturated heterocycles. The Morgan fingerprint density at radius 2 is 1.80 bits per heavy atom. The van der Waals surface area contributed by atoms with Gasteiger partial charge in [-0.15, -0.1) is 0 Å². The summed E-state index contributed by atoms with van der Waals surface area (Å²) in [5.41, 5.74) is 1.36. The van der Waals surface area contributed by atoms with E-state index >= 15 is 0 Å². The van der Waals surface area contributed by atoms with Crippen LogP contribution >= 0.6 is 0 Å². The van der Waals surface area contributed by atoms with E-state index in [0.29, 0.717) is 0 Å². The van der Waals surface area contributed by atoms with Crippen LogP contribution in [0.4, 0.5) is 0 Å². The van der Waals surface area contributed by atoms with Crippen molar-refractivity contribution in [3.05, 3.63) is 48.0 Å². The summed E-state index contributed by atoms with van der Waals surface area (Å²) in [6, 6.07) is 14.9. The van der Waals surface area contributed by atoms with Gasteiger partial charge in [-0.2, -0.15) is 0 Å². The average Bonchev–Trinajstić information content (AvgIpc) is 2.46. The van der Waals surface area contributed by atoms with Gasteiger partial charge in [-0.1, -0.05) is 42.5 Å². The van der Waals surface area contributed by atoms with Crippen LogP contribution in [0.25, 0.3) is 10.8 Å². The fraction of sp³-hybridized carbons (Fsp3) is 0.353. The maximum atomic E-state index is 10.3. The molecule has 0 unspecified atom stereocenters. The Balaban J connectivity index is 1.75. The van der Waals surface area contributed by atoms with Gasteiger partial charge in [-0.25, -0.2) is 0 Å². The van der Waals surface area contributed by atoms with E-state index in [1.807, 2.05) is 0 Å². The van der Waals surface area contributed by atoms with Crippen LogP contribution in [0.5, 0.6) is 0 Å². The number of rotatable bonds is 8. The number of carboxylic acids is 1. The zero-order valence-electron chi connectivity index (χ0n) is 11.7. The van der Waals surface area contributed by atoms with E-state index in [2.05, 4.69) is 47.8 Å². The molecule has 0 fully saturated rings. The van der Waals surface area contributed by atoms with Gasteiger partial charge in [-0.05, 0) is 36.5 Å². The standard InChI is InChI=1S/C17H21NO2/c19-17(20)11-2-1-5-12-18-13-15-9-6-8-14-7-3-4-10-16(14)15/h3-4,6-10,18H,1-2,5,11-13H2,(H,19,20). The lowest BCUT2D eigenvalue weighted by Gasteiger charge is -2.06. The number of fused-ring (bicyclic) bond motifs is 1. The number of aliphatic carboxylic acids is 1. The summed E-state index contributed by atoms with van der Waals surface area (Å²) in [5, 5.41) is 15.2. The van der Waals surface area contributed by atoms with Gasteiger partial charge in [0.15, 0.2) is 0 Å². The third kappa shape index (κ3) is 4.35. The molecule has 0 atom stereocenters. The minimum absolute atomic E-state index is 0.184.